The smallest absolute Gasteiger partial charge is 0.329 e. The third-order valence-electron chi connectivity index (χ3n) is 4.30. The Kier molecular flexibility index (Phi) is 5.06. The highest BCUT2D eigenvalue weighted by Crippen LogP contribution is 2.32. The van der Waals surface area contributed by atoms with Crippen molar-refractivity contribution in [1.82, 2.24) is 5.32 Å². The van der Waals surface area contributed by atoms with Crippen LogP contribution in [-0.4, -0.2) is 29.1 Å². The van der Waals surface area contributed by atoms with E-state index < -0.39 is 11.5 Å². The fraction of sp³-hybridized carbons (Fsp3) is 0.529. The molecular weight excluding hydrogens is 282 g/mol. The minimum Gasteiger partial charge on any atom is -0.494 e. The van der Waals surface area contributed by atoms with E-state index in [1.807, 2.05) is 6.92 Å². The lowest BCUT2D eigenvalue weighted by Gasteiger charge is -2.36. The number of rotatable bonds is 5. The van der Waals surface area contributed by atoms with Crippen LogP contribution in [0.3, 0.4) is 0 Å². The highest BCUT2D eigenvalue weighted by Gasteiger charge is 2.42. The van der Waals surface area contributed by atoms with Crippen LogP contribution in [0.1, 0.15) is 49.9 Å². The number of nitrogens with one attached hydrogen (secondary N) is 1. The van der Waals surface area contributed by atoms with E-state index in [9.17, 15) is 14.7 Å². The first-order chi connectivity index (χ1) is 10.5. The molecule has 1 fully saturated rings. The lowest BCUT2D eigenvalue weighted by Crippen LogP contribution is -2.56. The number of hydrogen-bond donors (Lipinski definition) is 2. The van der Waals surface area contributed by atoms with E-state index in [-0.39, 0.29) is 5.91 Å². The second-order valence-corrected chi connectivity index (χ2v) is 5.98. The molecule has 0 bridgehead atoms. The summed E-state index contributed by atoms with van der Waals surface area (Å²) in [7, 11) is 0. The Hall–Kier alpha value is -2.04. The highest BCUT2D eigenvalue weighted by atomic mass is 16.5. The third kappa shape index (κ3) is 3.59. The number of aliphatic carboxylic acids is 1. The zero-order valence-corrected chi connectivity index (χ0v) is 13.1. The number of carbonyl (C=O) groups excluding carboxylic acids is 1. The van der Waals surface area contributed by atoms with Crippen molar-refractivity contribution in [2.45, 2.75) is 45.1 Å². The number of carboxylic acids is 1. The maximum absolute atomic E-state index is 12.4. The molecule has 0 saturated heterocycles. The Morgan fingerprint density at radius 1 is 1.36 bits per heavy atom. The fourth-order valence-electron chi connectivity index (χ4n) is 2.83. The summed E-state index contributed by atoms with van der Waals surface area (Å²) in [5, 5.41) is 12.3. The first-order valence-corrected chi connectivity index (χ1v) is 7.75. The molecule has 22 heavy (non-hydrogen) atoms. The molecule has 120 valence electrons. The SMILES string of the molecule is CCOc1cccc(C(=O)NC2(C(=O)O)CCC(C)CC2)c1. The van der Waals surface area contributed by atoms with Gasteiger partial charge in [0, 0.05) is 5.56 Å². The van der Waals surface area contributed by atoms with Gasteiger partial charge in [-0.25, -0.2) is 4.79 Å². The van der Waals surface area contributed by atoms with Gasteiger partial charge in [0.1, 0.15) is 11.3 Å². The Morgan fingerprint density at radius 3 is 2.64 bits per heavy atom. The predicted molar refractivity (Wildman–Crippen MR) is 83.1 cm³/mol. The second kappa shape index (κ2) is 6.81. The maximum atomic E-state index is 12.4. The monoisotopic (exact) mass is 305 g/mol. The van der Waals surface area contributed by atoms with Crippen molar-refractivity contribution in [3.63, 3.8) is 0 Å². The molecule has 1 aliphatic carbocycles. The van der Waals surface area contributed by atoms with E-state index in [0.717, 1.165) is 12.8 Å². The number of hydrogen-bond acceptors (Lipinski definition) is 3. The van der Waals surface area contributed by atoms with Crippen molar-refractivity contribution in [2.24, 2.45) is 5.92 Å². The van der Waals surface area contributed by atoms with Crippen LogP contribution in [0.15, 0.2) is 24.3 Å². The van der Waals surface area contributed by atoms with Crippen molar-refractivity contribution < 1.29 is 19.4 Å². The summed E-state index contributed by atoms with van der Waals surface area (Å²) in [4.78, 5) is 24.1. The summed E-state index contributed by atoms with van der Waals surface area (Å²) in [6.07, 6.45) is 2.57. The second-order valence-electron chi connectivity index (χ2n) is 5.98. The molecule has 0 heterocycles. The third-order valence-corrected chi connectivity index (χ3v) is 4.30. The Labute approximate surface area is 130 Å². The van der Waals surface area contributed by atoms with Gasteiger partial charge in [0.25, 0.3) is 5.91 Å². The molecule has 0 radical (unpaired) electrons. The van der Waals surface area contributed by atoms with Crippen LogP contribution in [0, 0.1) is 5.92 Å². The average Bonchev–Trinajstić information content (AvgIpc) is 2.50. The molecule has 5 nitrogen and oxygen atoms in total. The van der Waals surface area contributed by atoms with Gasteiger partial charge in [-0.1, -0.05) is 13.0 Å². The van der Waals surface area contributed by atoms with Gasteiger partial charge in [-0.2, -0.15) is 0 Å². The first-order valence-electron chi connectivity index (χ1n) is 7.75. The molecule has 0 aromatic heterocycles. The van der Waals surface area contributed by atoms with Crippen LogP contribution in [0.4, 0.5) is 0 Å². The number of amides is 1. The van der Waals surface area contributed by atoms with Crippen LogP contribution in [0.2, 0.25) is 0 Å². The van der Waals surface area contributed by atoms with Crippen LogP contribution in [0.25, 0.3) is 0 Å². The summed E-state index contributed by atoms with van der Waals surface area (Å²) >= 11 is 0. The van der Waals surface area contributed by atoms with Gasteiger partial charge in [0.2, 0.25) is 0 Å². The normalized spacial score (nSPS) is 24.5. The van der Waals surface area contributed by atoms with Gasteiger partial charge < -0.3 is 15.2 Å². The van der Waals surface area contributed by atoms with Crippen molar-refractivity contribution in [2.75, 3.05) is 6.61 Å². The molecule has 1 aromatic carbocycles. The Bertz CT molecular complexity index is 547. The molecule has 0 unspecified atom stereocenters. The van der Waals surface area contributed by atoms with Crippen molar-refractivity contribution in [3.05, 3.63) is 29.8 Å². The Morgan fingerprint density at radius 2 is 2.05 bits per heavy atom. The van der Waals surface area contributed by atoms with Gasteiger partial charge in [0.05, 0.1) is 6.61 Å². The summed E-state index contributed by atoms with van der Waals surface area (Å²) in [5.41, 5.74) is -0.726. The highest BCUT2D eigenvalue weighted by molar-refractivity contribution is 5.98. The van der Waals surface area contributed by atoms with Crippen LogP contribution in [0.5, 0.6) is 5.75 Å². The van der Waals surface area contributed by atoms with Gasteiger partial charge >= 0.3 is 5.97 Å². The molecule has 0 atom stereocenters. The van der Waals surface area contributed by atoms with Crippen molar-refractivity contribution in [1.29, 1.82) is 0 Å². The largest absolute Gasteiger partial charge is 0.494 e. The number of benzene rings is 1. The summed E-state index contributed by atoms with van der Waals surface area (Å²) < 4.78 is 5.38. The molecule has 1 saturated carbocycles. The maximum Gasteiger partial charge on any atom is 0.329 e. The number of ether oxygens (including phenoxy) is 1. The van der Waals surface area contributed by atoms with Crippen LogP contribution >= 0.6 is 0 Å². The van der Waals surface area contributed by atoms with Gasteiger partial charge in [-0.15, -0.1) is 0 Å². The summed E-state index contributed by atoms with van der Waals surface area (Å²) in [6.45, 7) is 4.50. The zero-order valence-electron chi connectivity index (χ0n) is 13.1. The molecule has 5 heteroatoms. The van der Waals surface area contributed by atoms with Gasteiger partial charge in [-0.3, -0.25) is 4.79 Å². The topological polar surface area (TPSA) is 75.6 Å². The van der Waals surface area contributed by atoms with E-state index >= 15 is 0 Å². The quantitative estimate of drug-likeness (QED) is 0.877. The Balaban J connectivity index is 2.15. The van der Waals surface area contributed by atoms with E-state index in [0.29, 0.717) is 36.7 Å². The molecular formula is C17H23NO4. The van der Waals surface area contributed by atoms with Gasteiger partial charge in [-0.05, 0) is 56.7 Å². The molecule has 2 rings (SSSR count). The molecule has 2 N–H and O–H groups in total. The standard InChI is InChI=1S/C17H23NO4/c1-3-22-14-6-4-5-13(11-14)15(19)18-17(16(20)21)9-7-12(2)8-10-17/h4-6,11-12H,3,7-10H2,1-2H3,(H,18,19)(H,20,21). The minimum absolute atomic E-state index is 0.362. The average molecular weight is 305 g/mol. The zero-order chi connectivity index (χ0) is 16.2. The van der Waals surface area contributed by atoms with E-state index in [4.69, 9.17) is 4.74 Å². The van der Waals surface area contributed by atoms with Gasteiger partial charge in [0.15, 0.2) is 0 Å². The van der Waals surface area contributed by atoms with E-state index in [1.165, 1.54) is 0 Å². The first kappa shape index (κ1) is 16.3. The molecule has 1 aliphatic rings. The predicted octanol–water partition coefficient (Wildman–Crippen LogP) is 2.85. The van der Waals surface area contributed by atoms with Crippen LogP contribution < -0.4 is 10.1 Å². The molecule has 1 amide bonds. The van der Waals surface area contributed by atoms with E-state index in [2.05, 4.69) is 12.2 Å². The summed E-state index contributed by atoms with van der Waals surface area (Å²) in [5.74, 6) is -0.199. The molecule has 1 aromatic rings. The fourth-order valence-corrected chi connectivity index (χ4v) is 2.83. The number of carboxylic acid groups (broad SMARTS) is 1. The molecule has 0 spiro atoms. The van der Waals surface area contributed by atoms with Crippen molar-refractivity contribution in [3.8, 4) is 5.75 Å². The van der Waals surface area contributed by atoms with E-state index in [1.54, 1.807) is 24.3 Å². The molecule has 0 aliphatic heterocycles. The van der Waals surface area contributed by atoms with Crippen LogP contribution in [-0.2, 0) is 4.79 Å². The minimum atomic E-state index is -1.15. The lowest BCUT2D eigenvalue weighted by molar-refractivity contribution is -0.146. The number of carbonyl (C=O) groups is 2. The van der Waals surface area contributed by atoms with Crippen molar-refractivity contribution >= 4 is 11.9 Å². The lowest BCUT2D eigenvalue weighted by atomic mass is 9.77. The summed E-state index contributed by atoms with van der Waals surface area (Å²) in [6, 6.07) is 6.81.